The Labute approximate surface area is 182 Å². The van der Waals surface area contributed by atoms with Crippen molar-refractivity contribution < 1.29 is 14.6 Å². The number of aromatic nitrogens is 3. The largest absolute Gasteiger partial charge is 0.495 e. The van der Waals surface area contributed by atoms with Crippen LogP contribution in [-0.2, 0) is 6.42 Å². The minimum Gasteiger partial charge on any atom is -0.495 e. The van der Waals surface area contributed by atoms with Gasteiger partial charge < -0.3 is 25.9 Å². The number of ether oxygens (including phenoxy) is 1. The summed E-state index contributed by atoms with van der Waals surface area (Å²) in [7, 11) is 1.56. The number of fused-ring (bicyclic) bond motifs is 1. The van der Waals surface area contributed by atoms with Gasteiger partial charge in [0.15, 0.2) is 0 Å². The zero-order chi connectivity index (χ0) is 22.7. The van der Waals surface area contributed by atoms with Crippen LogP contribution in [0.4, 0.5) is 11.5 Å². The number of methoxy groups -OCH3 is 1. The third kappa shape index (κ3) is 4.14. The number of nitrogens with two attached hydrogens (primary N) is 1. The molecule has 32 heavy (non-hydrogen) atoms. The van der Waals surface area contributed by atoms with Crippen molar-refractivity contribution in [3.8, 4) is 17.0 Å². The molecule has 3 aromatic heterocycles. The average molecular weight is 431 g/mol. The van der Waals surface area contributed by atoms with Gasteiger partial charge in [-0.05, 0) is 53.8 Å². The van der Waals surface area contributed by atoms with Gasteiger partial charge in [0.25, 0.3) is 5.56 Å². The van der Waals surface area contributed by atoms with Gasteiger partial charge >= 0.3 is 0 Å². The number of amides is 1. The second-order valence-electron chi connectivity index (χ2n) is 7.08. The highest BCUT2D eigenvalue weighted by Gasteiger charge is 2.14. The van der Waals surface area contributed by atoms with E-state index < -0.39 is 5.91 Å². The minimum atomic E-state index is -0.566. The standard InChI is InChI=1S/C23H21N5O4/c1-32-17-9-16(11-25-12-17)19-10-14-4-6-26-23(31)20(14)22(28-19)27-18-3-2-15(21(24)30)8-13(18)5-7-29/h2-4,6,8-12,29H,5,7H2,1H3,(H2,24,30)(H,26,31)(H,27,28). The molecule has 0 aliphatic carbocycles. The molecule has 4 aromatic rings. The van der Waals surface area contributed by atoms with E-state index in [0.717, 1.165) is 0 Å². The molecular weight excluding hydrogens is 410 g/mol. The second-order valence-corrected chi connectivity index (χ2v) is 7.08. The van der Waals surface area contributed by atoms with Crippen LogP contribution in [0.2, 0.25) is 0 Å². The Balaban J connectivity index is 1.88. The second kappa shape index (κ2) is 8.86. The molecule has 162 valence electrons. The van der Waals surface area contributed by atoms with Gasteiger partial charge in [-0.15, -0.1) is 0 Å². The van der Waals surface area contributed by atoms with Crippen LogP contribution in [0.3, 0.4) is 0 Å². The van der Waals surface area contributed by atoms with Crippen molar-refractivity contribution in [2.75, 3.05) is 19.0 Å². The molecule has 0 bridgehead atoms. The smallest absolute Gasteiger partial charge is 0.259 e. The Morgan fingerprint density at radius 3 is 2.81 bits per heavy atom. The molecule has 1 aromatic carbocycles. The molecule has 0 fully saturated rings. The lowest BCUT2D eigenvalue weighted by atomic mass is 10.0. The molecule has 0 saturated carbocycles. The van der Waals surface area contributed by atoms with Crippen molar-refractivity contribution in [3.05, 3.63) is 76.5 Å². The van der Waals surface area contributed by atoms with E-state index in [0.29, 0.717) is 50.4 Å². The number of nitrogens with zero attached hydrogens (tertiary/aromatic N) is 2. The lowest BCUT2D eigenvalue weighted by molar-refractivity contribution is 0.1000. The number of hydrogen-bond acceptors (Lipinski definition) is 7. The first kappa shape index (κ1) is 21.0. The Bertz CT molecular complexity index is 1370. The highest BCUT2D eigenvalue weighted by molar-refractivity contribution is 5.96. The van der Waals surface area contributed by atoms with Crippen molar-refractivity contribution in [1.82, 2.24) is 15.0 Å². The lowest BCUT2D eigenvalue weighted by Gasteiger charge is -2.15. The van der Waals surface area contributed by atoms with E-state index in [2.05, 4.69) is 20.3 Å². The highest BCUT2D eigenvalue weighted by Crippen LogP contribution is 2.30. The molecule has 0 aliphatic rings. The molecule has 0 saturated heterocycles. The SMILES string of the molecule is COc1cncc(-c2cc3cc[nH]c(=O)c3c(Nc3ccc(C(N)=O)cc3CCO)n2)c1. The number of pyridine rings is 3. The quantitative estimate of drug-likeness (QED) is 0.352. The van der Waals surface area contributed by atoms with Crippen molar-refractivity contribution in [2.45, 2.75) is 6.42 Å². The summed E-state index contributed by atoms with van der Waals surface area (Å²) in [6.45, 7) is -0.124. The number of carbonyl (C=O) groups is 1. The molecule has 1 amide bonds. The molecule has 4 rings (SSSR count). The summed E-state index contributed by atoms with van der Waals surface area (Å²) in [6.07, 6.45) is 5.11. The van der Waals surface area contributed by atoms with E-state index in [1.165, 1.54) is 0 Å². The predicted octanol–water partition coefficient (Wildman–Crippen LogP) is 2.37. The first-order chi connectivity index (χ1) is 15.5. The summed E-state index contributed by atoms with van der Waals surface area (Å²) < 4.78 is 5.26. The third-order valence-electron chi connectivity index (χ3n) is 5.02. The van der Waals surface area contributed by atoms with Gasteiger partial charge in [0.1, 0.15) is 11.6 Å². The van der Waals surface area contributed by atoms with Crippen LogP contribution in [0, 0.1) is 0 Å². The van der Waals surface area contributed by atoms with E-state index in [4.69, 9.17) is 10.5 Å². The number of primary amides is 1. The molecule has 0 unspecified atom stereocenters. The molecule has 9 heteroatoms. The zero-order valence-electron chi connectivity index (χ0n) is 17.3. The van der Waals surface area contributed by atoms with Crippen LogP contribution >= 0.6 is 0 Å². The topological polar surface area (TPSA) is 143 Å². The maximum atomic E-state index is 12.6. The number of hydrogen-bond donors (Lipinski definition) is 4. The maximum absolute atomic E-state index is 12.6. The lowest BCUT2D eigenvalue weighted by Crippen LogP contribution is -2.13. The maximum Gasteiger partial charge on any atom is 0.259 e. The predicted molar refractivity (Wildman–Crippen MR) is 121 cm³/mol. The number of rotatable bonds is 7. The number of aliphatic hydroxyl groups excluding tert-OH is 1. The summed E-state index contributed by atoms with van der Waals surface area (Å²) in [6, 6.07) is 10.3. The molecule has 5 N–H and O–H groups in total. The first-order valence-corrected chi connectivity index (χ1v) is 9.82. The van der Waals surface area contributed by atoms with E-state index in [1.54, 1.807) is 62.1 Å². The Hall–Kier alpha value is -4.24. The minimum absolute atomic E-state index is 0.124. The van der Waals surface area contributed by atoms with Gasteiger partial charge in [0, 0.05) is 35.8 Å². The summed E-state index contributed by atoms with van der Waals surface area (Å²) in [5.41, 5.74) is 7.99. The van der Waals surface area contributed by atoms with Gasteiger partial charge in [0.2, 0.25) is 5.91 Å². The summed E-state index contributed by atoms with van der Waals surface area (Å²) in [5, 5.41) is 13.7. The summed E-state index contributed by atoms with van der Waals surface area (Å²) in [5.74, 6) is 0.341. The van der Waals surface area contributed by atoms with Gasteiger partial charge in [-0.2, -0.15) is 0 Å². The Morgan fingerprint density at radius 1 is 1.22 bits per heavy atom. The van der Waals surface area contributed by atoms with Crippen molar-refractivity contribution in [2.24, 2.45) is 5.73 Å². The van der Waals surface area contributed by atoms with Gasteiger partial charge in [-0.3, -0.25) is 14.6 Å². The van der Waals surface area contributed by atoms with Crippen LogP contribution < -0.4 is 21.3 Å². The Kier molecular flexibility index (Phi) is 5.82. The van der Waals surface area contributed by atoms with Crippen molar-refractivity contribution >= 4 is 28.2 Å². The number of carbonyl (C=O) groups excluding carboxylic acids is 1. The van der Waals surface area contributed by atoms with E-state index in [9.17, 15) is 14.7 Å². The number of nitrogens with one attached hydrogen (secondary N) is 2. The number of aromatic amines is 1. The van der Waals surface area contributed by atoms with Crippen molar-refractivity contribution in [1.29, 1.82) is 0 Å². The molecule has 0 radical (unpaired) electrons. The highest BCUT2D eigenvalue weighted by atomic mass is 16.5. The molecule has 0 aliphatic heterocycles. The summed E-state index contributed by atoms with van der Waals surface area (Å²) in [4.78, 5) is 35.7. The van der Waals surface area contributed by atoms with Crippen LogP contribution in [0.15, 0.2) is 59.8 Å². The fourth-order valence-electron chi connectivity index (χ4n) is 3.45. The number of anilines is 2. The zero-order valence-corrected chi connectivity index (χ0v) is 17.3. The molecule has 0 atom stereocenters. The average Bonchev–Trinajstić information content (AvgIpc) is 2.80. The molecule has 3 heterocycles. The Morgan fingerprint density at radius 2 is 2.06 bits per heavy atom. The van der Waals surface area contributed by atoms with E-state index in [1.807, 2.05) is 0 Å². The number of benzene rings is 1. The molecule has 9 nitrogen and oxygen atoms in total. The van der Waals surface area contributed by atoms with Crippen LogP contribution in [0.5, 0.6) is 5.75 Å². The first-order valence-electron chi connectivity index (χ1n) is 9.82. The molecular formula is C23H21N5O4. The monoisotopic (exact) mass is 431 g/mol. The van der Waals surface area contributed by atoms with Crippen LogP contribution in [0.1, 0.15) is 15.9 Å². The number of aliphatic hydroxyl groups is 1. The normalized spacial score (nSPS) is 10.8. The summed E-state index contributed by atoms with van der Waals surface area (Å²) >= 11 is 0. The van der Waals surface area contributed by atoms with Gasteiger partial charge in [-0.1, -0.05) is 0 Å². The van der Waals surface area contributed by atoms with Crippen LogP contribution in [-0.4, -0.2) is 39.7 Å². The third-order valence-corrected chi connectivity index (χ3v) is 5.02. The molecule has 0 spiro atoms. The van der Waals surface area contributed by atoms with Gasteiger partial charge in [0.05, 0.1) is 24.4 Å². The van der Waals surface area contributed by atoms with Crippen molar-refractivity contribution in [3.63, 3.8) is 0 Å². The number of H-pyrrole nitrogens is 1. The van der Waals surface area contributed by atoms with E-state index in [-0.39, 0.29) is 18.6 Å². The van der Waals surface area contributed by atoms with E-state index >= 15 is 0 Å². The fourth-order valence-corrected chi connectivity index (χ4v) is 3.45. The van der Waals surface area contributed by atoms with Crippen LogP contribution in [0.25, 0.3) is 22.0 Å². The fraction of sp³-hybridized carbons (Fsp3) is 0.130. The van der Waals surface area contributed by atoms with Gasteiger partial charge in [-0.25, -0.2) is 4.98 Å².